The molecule has 14 heavy (non-hydrogen) atoms. The average molecular weight is 216 g/mol. The molecule has 1 saturated heterocycles. The number of likely N-dealkylation sites (N-methyl/N-ethyl adjacent to an activating group) is 1. The van der Waals surface area contributed by atoms with E-state index in [9.17, 15) is 9.59 Å². The molecule has 1 heterocycles. The predicted molar refractivity (Wildman–Crippen MR) is 57.2 cm³/mol. The lowest BCUT2D eigenvalue weighted by atomic mass is 10.4. The molecule has 0 spiro atoms. The Morgan fingerprint density at radius 1 is 1.36 bits per heavy atom. The molecule has 0 bridgehead atoms. The molecule has 1 aliphatic heterocycles. The van der Waals surface area contributed by atoms with Gasteiger partial charge >= 0.3 is 0 Å². The van der Waals surface area contributed by atoms with Gasteiger partial charge in [-0.25, -0.2) is 0 Å². The Bertz CT molecular complexity index is 227. The molecule has 1 rings (SSSR count). The third-order valence-corrected chi connectivity index (χ3v) is 3.22. The third kappa shape index (κ3) is 3.21. The van der Waals surface area contributed by atoms with E-state index in [-0.39, 0.29) is 18.4 Å². The third-order valence-electron chi connectivity index (χ3n) is 2.27. The van der Waals surface area contributed by atoms with Crippen molar-refractivity contribution in [2.45, 2.75) is 6.92 Å². The number of hydrogen-bond acceptors (Lipinski definition) is 3. The lowest BCUT2D eigenvalue weighted by Crippen LogP contribution is -2.44. The highest BCUT2D eigenvalue weighted by atomic mass is 32.2. The van der Waals surface area contributed by atoms with Crippen LogP contribution in [-0.4, -0.2) is 59.8 Å². The van der Waals surface area contributed by atoms with Gasteiger partial charge in [-0.15, -0.1) is 0 Å². The van der Waals surface area contributed by atoms with Gasteiger partial charge in [0.15, 0.2) is 0 Å². The van der Waals surface area contributed by atoms with Crippen LogP contribution in [0.15, 0.2) is 0 Å². The first-order chi connectivity index (χ1) is 6.61. The molecular formula is C9H16N2O2S. The van der Waals surface area contributed by atoms with E-state index in [1.165, 1.54) is 11.8 Å². The van der Waals surface area contributed by atoms with E-state index in [1.807, 2.05) is 16.7 Å². The summed E-state index contributed by atoms with van der Waals surface area (Å²) >= 11 is 1.87. The van der Waals surface area contributed by atoms with Crippen molar-refractivity contribution in [3.8, 4) is 0 Å². The minimum Gasteiger partial charge on any atom is -0.340 e. The van der Waals surface area contributed by atoms with E-state index in [0.29, 0.717) is 0 Å². The molecule has 4 nitrogen and oxygen atoms in total. The fourth-order valence-corrected chi connectivity index (χ4v) is 2.13. The maximum Gasteiger partial charge on any atom is 0.242 e. The number of thioether (sulfide) groups is 1. The van der Waals surface area contributed by atoms with Gasteiger partial charge < -0.3 is 9.80 Å². The number of carbonyl (C=O) groups excluding carboxylic acids is 2. The second-order valence-corrected chi connectivity index (χ2v) is 4.59. The number of hydrogen-bond donors (Lipinski definition) is 0. The van der Waals surface area contributed by atoms with E-state index >= 15 is 0 Å². The fourth-order valence-electron chi connectivity index (χ4n) is 1.23. The number of amides is 2. The van der Waals surface area contributed by atoms with Crippen molar-refractivity contribution >= 4 is 23.6 Å². The Morgan fingerprint density at radius 3 is 2.43 bits per heavy atom. The van der Waals surface area contributed by atoms with Gasteiger partial charge in [-0.05, 0) is 0 Å². The van der Waals surface area contributed by atoms with Crippen LogP contribution in [0, 0.1) is 0 Å². The van der Waals surface area contributed by atoms with Gasteiger partial charge in [0.25, 0.3) is 0 Å². The smallest absolute Gasteiger partial charge is 0.242 e. The lowest BCUT2D eigenvalue weighted by molar-refractivity contribution is -0.138. The SMILES string of the molecule is CC(=O)N(C)CC(=O)N1CCSCC1. The molecule has 0 aromatic rings. The maximum atomic E-state index is 11.6. The van der Waals surface area contributed by atoms with Crippen LogP contribution in [0.4, 0.5) is 0 Å². The molecule has 0 unspecified atom stereocenters. The second-order valence-electron chi connectivity index (χ2n) is 3.37. The van der Waals surface area contributed by atoms with Crippen molar-refractivity contribution < 1.29 is 9.59 Å². The van der Waals surface area contributed by atoms with Gasteiger partial charge in [0.1, 0.15) is 0 Å². The molecule has 0 aliphatic carbocycles. The van der Waals surface area contributed by atoms with Crippen LogP contribution >= 0.6 is 11.8 Å². The molecule has 1 aliphatic rings. The van der Waals surface area contributed by atoms with Crippen molar-refractivity contribution in [3.63, 3.8) is 0 Å². The zero-order valence-corrected chi connectivity index (χ0v) is 9.47. The Kier molecular flexibility index (Phi) is 4.25. The van der Waals surface area contributed by atoms with Crippen molar-refractivity contribution in [3.05, 3.63) is 0 Å². The van der Waals surface area contributed by atoms with Crippen molar-refractivity contribution in [2.75, 3.05) is 38.2 Å². The standard InChI is InChI=1S/C9H16N2O2S/c1-8(12)10(2)7-9(13)11-3-5-14-6-4-11/h3-7H2,1-2H3. The largest absolute Gasteiger partial charge is 0.340 e. The molecule has 0 saturated carbocycles. The second kappa shape index (κ2) is 5.24. The van der Waals surface area contributed by atoms with Gasteiger partial charge in [0.2, 0.25) is 11.8 Å². The molecule has 80 valence electrons. The van der Waals surface area contributed by atoms with Crippen molar-refractivity contribution in [1.82, 2.24) is 9.80 Å². The van der Waals surface area contributed by atoms with Crippen LogP contribution in [0.1, 0.15) is 6.92 Å². The predicted octanol–water partition coefficient (Wildman–Crippen LogP) is 0.0401. The first-order valence-electron chi connectivity index (χ1n) is 4.68. The van der Waals surface area contributed by atoms with Gasteiger partial charge in [-0.1, -0.05) is 0 Å². The summed E-state index contributed by atoms with van der Waals surface area (Å²) < 4.78 is 0. The summed E-state index contributed by atoms with van der Waals surface area (Å²) in [4.78, 5) is 25.8. The van der Waals surface area contributed by atoms with E-state index in [4.69, 9.17) is 0 Å². The summed E-state index contributed by atoms with van der Waals surface area (Å²) in [5.74, 6) is 2.01. The summed E-state index contributed by atoms with van der Waals surface area (Å²) in [6.07, 6.45) is 0. The first-order valence-corrected chi connectivity index (χ1v) is 5.84. The van der Waals surface area contributed by atoms with Gasteiger partial charge in [-0.2, -0.15) is 11.8 Å². The van der Waals surface area contributed by atoms with Crippen molar-refractivity contribution in [1.29, 1.82) is 0 Å². The Hall–Kier alpha value is -0.710. The Balaban J connectivity index is 2.36. The van der Waals surface area contributed by atoms with Crippen LogP contribution in [-0.2, 0) is 9.59 Å². The lowest BCUT2D eigenvalue weighted by Gasteiger charge is -2.28. The number of carbonyl (C=O) groups is 2. The average Bonchev–Trinajstić information content (AvgIpc) is 2.19. The monoisotopic (exact) mass is 216 g/mol. The summed E-state index contributed by atoms with van der Waals surface area (Å²) in [6, 6.07) is 0. The van der Waals surface area contributed by atoms with Gasteiger partial charge in [0, 0.05) is 38.6 Å². The minimum absolute atomic E-state index is 0.0583. The molecule has 0 radical (unpaired) electrons. The van der Waals surface area contributed by atoms with E-state index in [1.54, 1.807) is 7.05 Å². The summed E-state index contributed by atoms with van der Waals surface area (Å²) in [5.41, 5.74) is 0. The topological polar surface area (TPSA) is 40.6 Å². The van der Waals surface area contributed by atoms with Crippen LogP contribution < -0.4 is 0 Å². The zero-order valence-electron chi connectivity index (χ0n) is 8.65. The van der Waals surface area contributed by atoms with Crippen LogP contribution in [0.5, 0.6) is 0 Å². The summed E-state index contributed by atoms with van der Waals surface area (Å²) in [6.45, 7) is 3.31. The fraction of sp³-hybridized carbons (Fsp3) is 0.778. The molecule has 5 heteroatoms. The highest BCUT2D eigenvalue weighted by Crippen LogP contribution is 2.09. The quantitative estimate of drug-likeness (QED) is 0.654. The highest BCUT2D eigenvalue weighted by molar-refractivity contribution is 7.99. The molecule has 1 fully saturated rings. The van der Waals surface area contributed by atoms with Crippen molar-refractivity contribution in [2.24, 2.45) is 0 Å². The van der Waals surface area contributed by atoms with Crippen LogP contribution in [0.25, 0.3) is 0 Å². The molecule has 0 atom stereocenters. The van der Waals surface area contributed by atoms with E-state index in [2.05, 4.69) is 0 Å². The number of rotatable bonds is 2. The normalized spacial score (nSPS) is 16.6. The van der Waals surface area contributed by atoms with Crippen LogP contribution in [0.2, 0.25) is 0 Å². The summed E-state index contributed by atoms with van der Waals surface area (Å²) in [5, 5.41) is 0. The van der Waals surface area contributed by atoms with E-state index in [0.717, 1.165) is 24.6 Å². The Morgan fingerprint density at radius 2 is 1.93 bits per heavy atom. The Labute approximate surface area is 88.6 Å². The van der Waals surface area contributed by atoms with E-state index < -0.39 is 0 Å². The highest BCUT2D eigenvalue weighted by Gasteiger charge is 2.18. The van der Waals surface area contributed by atoms with Gasteiger partial charge in [-0.3, -0.25) is 9.59 Å². The van der Waals surface area contributed by atoms with Crippen LogP contribution in [0.3, 0.4) is 0 Å². The summed E-state index contributed by atoms with van der Waals surface area (Å²) in [7, 11) is 1.65. The molecule has 0 aromatic heterocycles. The minimum atomic E-state index is -0.0651. The first kappa shape index (κ1) is 11.4. The molecule has 0 N–H and O–H groups in total. The molecule has 2 amide bonds. The zero-order chi connectivity index (χ0) is 10.6. The van der Waals surface area contributed by atoms with Gasteiger partial charge in [0.05, 0.1) is 6.54 Å². The number of nitrogens with zero attached hydrogens (tertiary/aromatic N) is 2. The maximum absolute atomic E-state index is 11.6. The molecular weight excluding hydrogens is 200 g/mol. The molecule has 0 aromatic carbocycles.